The Kier molecular flexibility index (Phi) is 3.34. The van der Waals surface area contributed by atoms with Gasteiger partial charge >= 0.3 is 0 Å². The normalized spacial score (nSPS) is 21.4. The van der Waals surface area contributed by atoms with Gasteiger partial charge in [0.1, 0.15) is 5.75 Å². The number of nitrogens with zero attached hydrogens (tertiary/aromatic N) is 1. The number of aromatic hydroxyl groups is 1. The molecule has 1 aliphatic heterocycles. The van der Waals surface area contributed by atoms with E-state index in [9.17, 15) is 14.7 Å². The lowest BCUT2D eigenvalue weighted by Gasteiger charge is -2.19. The molecule has 1 aromatic carbocycles. The number of likely N-dealkylation sites (N-methyl/N-ethyl adjacent to an activating group) is 1. The number of carbonyl (C=O) groups excluding carboxylic acids is 2. The quantitative estimate of drug-likeness (QED) is 0.776. The number of para-hydroxylation sites is 1. The van der Waals surface area contributed by atoms with Gasteiger partial charge in [0.25, 0.3) is 0 Å². The molecule has 0 radical (unpaired) electrons. The van der Waals surface area contributed by atoms with Crippen molar-refractivity contribution in [1.29, 1.82) is 0 Å². The van der Waals surface area contributed by atoms with E-state index < -0.39 is 6.04 Å². The molecule has 2 N–H and O–H groups in total. The van der Waals surface area contributed by atoms with Gasteiger partial charge in [-0.15, -0.1) is 0 Å². The fraction of sp³-hybridized carbons (Fsp3) is 0.385. The van der Waals surface area contributed by atoms with Gasteiger partial charge in [0, 0.05) is 18.7 Å². The van der Waals surface area contributed by atoms with Gasteiger partial charge in [-0.2, -0.15) is 0 Å². The Bertz CT molecular complexity index is 487. The van der Waals surface area contributed by atoms with Crippen molar-refractivity contribution in [2.75, 3.05) is 7.05 Å². The van der Waals surface area contributed by atoms with Gasteiger partial charge in [-0.1, -0.05) is 18.2 Å². The molecule has 0 bridgehead atoms. The number of hydrogen-bond acceptors (Lipinski definition) is 4. The van der Waals surface area contributed by atoms with Crippen molar-refractivity contribution < 1.29 is 14.7 Å². The van der Waals surface area contributed by atoms with Crippen LogP contribution in [-0.4, -0.2) is 34.9 Å². The van der Waals surface area contributed by atoms with Crippen molar-refractivity contribution in [3.63, 3.8) is 0 Å². The average Bonchev–Trinajstić information content (AvgIpc) is 2.57. The molecule has 5 heteroatoms. The summed E-state index contributed by atoms with van der Waals surface area (Å²) in [6, 6.07) is 6.25. The summed E-state index contributed by atoms with van der Waals surface area (Å²) in [6.45, 7) is 1.85. The van der Waals surface area contributed by atoms with Gasteiger partial charge in [-0.3, -0.25) is 19.8 Å². The summed E-state index contributed by atoms with van der Waals surface area (Å²) in [5, 5.41) is 12.8. The molecule has 5 nitrogen and oxygen atoms in total. The van der Waals surface area contributed by atoms with Gasteiger partial charge in [-0.05, 0) is 13.0 Å². The van der Waals surface area contributed by atoms with Crippen molar-refractivity contribution in [2.45, 2.75) is 25.4 Å². The number of rotatable bonds is 3. The second kappa shape index (κ2) is 4.78. The van der Waals surface area contributed by atoms with Crippen LogP contribution in [0.2, 0.25) is 0 Å². The average molecular weight is 248 g/mol. The summed E-state index contributed by atoms with van der Waals surface area (Å²) in [4.78, 5) is 24.3. The number of phenols is 1. The Morgan fingerprint density at radius 1 is 1.39 bits per heavy atom. The highest BCUT2D eigenvalue weighted by atomic mass is 16.3. The SMILES string of the molecule is CC(NC1CC(=O)N(C)C1=O)c1ccccc1O. The number of nitrogens with one attached hydrogen (secondary N) is 1. The van der Waals surface area contributed by atoms with Crippen LogP contribution in [0.15, 0.2) is 24.3 Å². The number of amides is 2. The number of imide groups is 1. The fourth-order valence-electron chi connectivity index (χ4n) is 2.13. The number of likely N-dealkylation sites (tertiary alicyclic amines) is 1. The Balaban J connectivity index is 2.09. The molecule has 2 atom stereocenters. The minimum Gasteiger partial charge on any atom is -0.508 e. The third-order valence-electron chi connectivity index (χ3n) is 3.24. The molecule has 1 fully saturated rings. The highest BCUT2D eigenvalue weighted by Crippen LogP contribution is 2.24. The maximum Gasteiger partial charge on any atom is 0.246 e. The molecule has 0 aromatic heterocycles. The highest BCUT2D eigenvalue weighted by Gasteiger charge is 2.36. The fourth-order valence-corrected chi connectivity index (χ4v) is 2.13. The lowest BCUT2D eigenvalue weighted by molar-refractivity contribution is -0.137. The first-order valence-electron chi connectivity index (χ1n) is 5.85. The molecule has 96 valence electrons. The van der Waals surface area contributed by atoms with Crippen LogP contribution in [0.5, 0.6) is 5.75 Å². The minimum atomic E-state index is -0.503. The van der Waals surface area contributed by atoms with E-state index in [-0.39, 0.29) is 30.0 Å². The molecule has 2 rings (SSSR count). The predicted molar refractivity (Wildman–Crippen MR) is 65.8 cm³/mol. The van der Waals surface area contributed by atoms with E-state index >= 15 is 0 Å². The van der Waals surface area contributed by atoms with E-state index in [4.69, 9.17) is 0 Å². The zero-order chi connectivity index (χ0) is 13.3. The van der Waals surface area contributed by atoms with Gasteiger partial charge < -0.3 is 5.11 Å². The van der Waals surface area contributed by atoms with Crippen molar-refractivity contribution in [3.05, 3.63) is 29.8 Å². The maximum atomic E-state index is 11.7. The minimum absolute atomic E-state index is 0.174. The molecule has 1 saturated heterocycles. The van der Waals surface area contributed by atoms with Crippen LogP contribution < -0.4 is 5.32 Å². The second-order valence-corrected chi connectivity index (χ2v) is 4.49. The topological polar surface area (TPSA) is 69.6 Å². The van der Waals surface area contributed by atoms with E-state index in [0.29, 0.717) is 5.56 Å². The summed E-state index contributed by atoms with van der Waals surface area (Å²) in [5.41, 5.74) is 0.715. The molecule has 18 heavy (non-hydrogen) atoms. The standard InChI is InChI=1S/C13H16N2O3/c1-8(9-5-3-4-6-11(9)16)14-10-7-12(17)15(2)13(10)18/h3-6,8,10,14,16H,7H2,1-2H3. The second-order valence-electron chi connectivity index (χ2n) is 4.49. The van der Waals surface area contributed by atoms with Crippen molar-refractivity contribution >= 4 is 11.8 Å². The zero-order valence-electron chi connectivity index (χ0n) is 10.4. The van der Waals surface area contributed by atoms with Crippen LogP contribution in [0.25, 0.3) is 0 Å². The number of phenolic OH excluding ortho intramolecular Hbond substituents is 1. The van der Waals surface area contributed by atoms with Gasteiger partial charge in [0.15, 0.2) is 0 Å². The number of carbonyl (C=O) groups is 2. The van der Waals surface area contributed by atoms with Crippen LogP contribution in [-0.2, 0) is 9.59 Å². The smallest absolute Gasteiger partial charge is 0.246 e. The lowest BCUT2D eigenvalue weighted by atomic mass is 10.1. The van der Waals surface area contributed by atoms with E-state index in [1.54, 1.807) is 18.2 Å². The highest BCUT2D eigenvalue weighted by molar-refractivity contribution is 6.05. The van der Waals surface area contributed by atoms with Crippen molar-refractivity contribution in [2.24, 2.45) is 0 Å². The Morgan fingerprint density at radius 3 is 2.61 bits per heavy atom. The van der Waals surface area contributed by atoms with Gasteiger partial charge in [0.05, 0.1) is 12.5 Å². The molecule has 0 spiro atoms. The van der Waals surface area contributed by atoms with E-state index in [2.05, 4.69) is 5.32 Å². The summed E-state index contributed by atoms with van der Waals surface area (Å²) in [6.07, 6.45) is 0.174. The first-order chi connectivity index (χ1) is 8.50. The predicted octanol–water partition coefficient (Wildman–Crippen LogP) is 0.800. The molecular formula is C13H16N2O3. The largest absolute Gasteiger partial charge is 0.508 e. The molecule has 1 aliphatic rings. The summed E-state index contributed by atoms with van der Waals surface area (Å²) < 4.78 is 0. The van der Waals surface area contributed by atoms with Gasteiger partial charge in [0.2, 0.25) is 11.8 Å². The first kappa shape index (κ1) is 12.6. The summed E-state index contributed by atoms with van der Waals surface area (Å²) in [7, 11) is 1.48. The first-order valence-corrected chi connectivity index (χ1v) is 5.85. The van der Waals surface area contributed by atoms with Crippen LogP contribution in [0.1, 0.15) is 24.9 Å². The monoisotopic (exact) mass is 248 g/mol. The van der Waals surface area contributed by atoms with Gasteiger partial charge in [-0.25, -0.2) is 0 Å². The Morgan fingerprint density at radius 2 is 2.06 bits per heavy atom. The number of benzene rings is 1. The van der Waals surface area contributed by atoms with E-state index in [0.717, 1.165) is 4.90 Å². The molecule has 1 aromatic rings. The molecule has 2 amide bonds. The van der Waals surface area contributed by atoms with Crippen LogP contribution in [0.3, 0.4) is 0 Å². The van der Waals surface area contributed by atoms with E-state index in [1.165, 1.54) is 7.05 Å². The van der Waals surface area contributed by atoms with E-state index in [1.807, 2.05) is 13.0 Å². The Hall–Kier alpha value is -1.88. The maximum absolute atomic E-state index is 11.7. The molecule has 0 aliphatic carbocycles. The van der Waals surface area contributed by atoms with Crippen LogP contribution in [0, 0.1) is 0 Å². The Labute approximate surface area is 105 Å². The molecular weight excluding hydrogens is 232 g/mol. The van der Waals surface area contributed by atoms with Crippen molar-refractivity contribution in [1.82, 2.24) is 10.2 Å². The van der Waals surface area contributed by atoms with Crippen LogP contribution in [0.4, 0.5) is 0 Å². The lowest BCUT2D eigenvalue weighted by Crippen LogP contribution is -2.38. The molecule has 0 saturated carbocycles. The van der Waals surface area contributed by atoms with Crippen molar-refractivity contribution in [3.8, 4) is 5.75 Å². The third-order valence-corrected chi connectivity index (χ3v) is 3.24. The summed E-state index contributed by atoms with van der Waals surface area (Å²) in [5.74, 6) is -0.216. The zero-order valence-corrected chi connectivity index (χ0v) is 10.4. The third kappa shape index (κ3) is 2.22. The van der Waals surface area contributed by atoms with Crippen LogP contribution >= 0.6 is 0 Å². The number of hydrogen-bond donors (Lipinski definition) is 2. The molecule has 1 heterocycles. The summed E-state index contributed by atoms with van der Waals surface area (Å²) >= 11 is 0. The molecule has 2 unspecified atom stereocenters.